The molecule has 0 spiro atoms. The topological polar surface area (TPSA) is 12.0 Å². The molecule has 0 aliphatic heterocycles. The van der Waals surface area contributed by atoms with Crippen molar-refractivity contribution < 1.29 is 0 Å². The summed E-state index contributed by atoms with van der Waals surface area (Å²) >= 11 is 12.0. The van der Waals surface area contributed by atoms with E-state index in [1.165, 1.54) is 5.57 Å². The molecule has 1 aromatic carbocycles. The second-order valence-electron chi connectivity index (χ2n) is 3.85. The van der Waals surface area contributed by atoms with Gasteiger partial charge < -0.3 is 5.32 Å². The van der Waals surface area contributed by atoms with Crippen LogP contribution in [0.25, 0.3) is 0 Å². The molecule has 16 heavy (non-hydrogen) atoms. The first kappa shape index (κ1) is 13.6. The van der Waals surface area contributed by atoms with E-state index < -0.39 is 0 Å². The summed E-state index contributed by atoms with van der Waals surface area (Å²) in [4.78, 5) is 0. The molecule has 0 saturated carbocycles. The van der Waals surface area contributed by atoms with Crippen molar-refractivity contribution in [2.45, 2.75) is 25.8 Å². The van der Waals surface area contributed by atoms with E-state index >= 15 is 0 Å². The molecule has 1 atom stereocenters. The van der Waals surface area contributed by atoms with Gasteiger partial charge in [-0.1, -0.05) is 42.3 Å². The van der Waals surface area contributed by atoms with Gasteiger partial charge in [0.05, 0.1) is 0 Å². The fourth-order valence-electron chi connectivity index (χ4n) is 1.60. The van der Waals surface area contributed by atoms with Gasteiger partial charge in [-0.15, -0.1) is 0 Å². The van der Waals surface area contributed by atoms with Gasteiger partial charge in [0.15, 0.2) is 0 Å². The predicted octanol–water partition coefficient (Wildman–Crippen LogP) is 4.61. The lowest BCUT2D eigenvalue weighted by molar-refractivity contribution is 0.583. The molecule has 0 heterocycles. The molecular weight excluding hydrogens is 241 g/mol. The molecule has 0 aliphatic carbocycles. The van der Waals surface area contributed by atoms with Crippen LogP contribution in [0.4, 0.5) is 0 Å². The molecule has 0 aliphatic rings. The molecule has 3 heteroatoms. The van der Waals surface area contributed by atoms with Crippen molar-refractivity contribution in [2.75, 3.05) is 7.05 Å². The molecular formula is C13H17Cl2N. The summed E-state index contributed by atoms with van der Waals surface area (Å²) in [5, 5.41) is 4.60. The second kappa shape index (κ2) is 6.29. The van der Waals surface area contributed by atoms with Gasteiger partial charge in [-0.25, -0.2) is 0 Å². The van der Waals surface area contributed by atoms with Gasteiger partial charge in [0, 0.05) is 16.1 Å². The first-order valence-electron chi connectivity index (χ1n) is 5.36. The van der Waals surface area contributed by atoms with Gasteiger partial charge in [-0.05, 0) is 43.7 Å². The molecule has 1 aromatic rings. The Morgan fingerprint density at radius 2 is 1.88 bits per heavy atom. The lowest BCUT2D eigenvalue weighted by Gasteiger charge is -2.18. The Balaban J connectivity index is 2.90. The highest BCUT2D eigenvalue weighted by molar-refractivity contribution is 6.34. The smallest absolute Gasteiger partial charge is 0.0424 e. The molecule has 1 nitrogen and oxygen atoms in total. The molecule has 0 fully saturated rings. The summed E-state index contributed by atoms with van der Waals surface area (Å²) in [6.07, 6.45) is 1.90. The van der Waals surface area contributed by atoms with E-state index in [9.17, 15) is 0 Å². The highest BCUT2D eigenvalue weighted by Crippen LogP contribution is 2.27. The minimum atomic E-state index is 0.226. The fourth-order valence-corrected chi connectivity index (χ4v) is 2.14. The molecule has 0 aromatic heterocycles. The molecule has 0 saturated heterocycles. The quantitative estimate of drug-likeness (QED) is 0.760. The predicted molar refractivity (Wildman–Crippen MR) is 72.3 cm³/mol. The fraction of sp³-hybridized carbons (Fsp3) is 0.385. The molecule has 0 bridgehead atoms. The molecule has 1 N–H and O–H groups in total. The van der Waals surface area contributed by atoms with E-state index in [0.717, 1.165) is 18.4 Å². The van der Waals surface area contributed by atoms with E-state index in [1.807, 2.05) is 19.2 Å². The zero-order valence-electron chi connectivity index (χ0n) is 9.69. The summed E-state index contributed by atoms with van der Waals surface area (Å²) < 4.78 is 0. The number of rotatable bonds is 5. The van der Waals surface area contributed by atoms with Gasteiger partial charge in [0.2, 0.25) is 0 Å². The standard InChI is InChI=1S/C13H17Cl2N/c1-4-9(2)5-13(16-3)10-6-11(14)8-12(15)7-10/h6-8,13,16H,2,4-5H2,1,3H3. The van der Waals surface area contributed by atoms with Crippen LogP contribution in [0.1, 0.15) is 31.4 Å². The van der Waals surface area contributed by atoms with Crippen LogP contribution < -0.4 is 5.32 Å². The minimum Gasteiger partial charge on any atom is -0.313 e. The van der Waals surface area contributed by atoms with Crippen LogP contribution in [0.15, 0.2) is 30.4 Å². The van der Waals surface area contributed by atoms with Crippen LogP contribution in [0, 0.1) is 0 Å². The van der Waals surface area contributed by atoms with Crippen LogP contribution in [-0.2, 0) is 0 Å². The zero-order chi connectivity index (χ0) is 12.1. The number of hydrogen-bond acceptors (Lipinski definition) is 1. The van der Waals surface area contributed by atoms with Crippen molar-refractivity contribution in [1.82, 2.24) is 5.32 Å². The summed E-state index contributed by atoms with van der Waals surface area (Å²) in [6, 6.07) is 5.85. The molecule has 0 amide bonds. The maximum atomic E-state index is 5.99. The van der Waals surface area contributed by atoms with Crippen LogP contribution in [0.3, 0.4) is 0 Å². The molecule has 1 rings (SSSR count). The van der Waals surface area contributed by atoms with Crippen molar-refractivity contribution in [3.63, 3.8) is 0 Å². The Bertz CT molecular complexity index is 354. The van der Waals surface area contributed by atoms with Crippen molar-refractivity contribution >= 4 is 23.2 Å². The Morgan fingerprint density at radius 3 is 2.31 bits per heavy atom. The van der Waals surface area contributed by atoms with Gasteiger partial charge in [-0.2, -0.15) is 0 Å². The number of nitrogens with one attached hydrogen (secondary N) is 1. The van der Waals surface area contributed by atoms with Crippen LogP contribution in [0.5, 0.6) is 0 Å². The summed E-state index contributed by atoms with van der Waals surface area (Å²) in [7, 11) is 1.93. The third-order valence-electron chi connectivity index (χ3n) is 2.63. The van der Waals surface area contributed by atoms with Gasteiger partial charge in [-0.3, -0.25) is 0 Å². The maximum Gasteiger partial charge on any atom is 0.0424 e. The third kappa shape index (κ3) is 3.82. The minimum absolute atomic E-state index is 0.226. The average molecular weight is 258 g/mol. The lowest BCUT2D eigenvalue weighted by Crippen LogP contribution is -2.16. The van der Waals surface area contributed by atoms with Crippen LogP contribution >= 0.6 is 23.2 Å². The Kier molecular flexibility index (Phi) is 5.33. The van der Waals surface area contributed by atoms with Gasteiger partial charge in [0.25, 0.3) is 0 Å². The highest BCUT2D eigenvalue weighted by atomic mass is 35.5. The van der Waals surface area contributed by atoms with Crippen molar-refractivity contribution in [2.24, 2.45) is 0 Å². The highest BCUT2D eigenvalue weighted by Gasteiger charge is 2.11. The van der Waals surface area contributed by atoms with E-state index in [0.29, 0.717) is 10.0 Å². The summed E-state index contributed by atoms with van der Waals surface area (Å²) in [5.74, 6) is 0. The Morgan fingerprint density at radius 1 is 1.31 bits per heavy atom. The Hall–Kier alpha value is -0.500. The Labute approximate surface area is 107 Å². The number of benzene rings is 1. The lowest BCUT2D eigenvalue weighted by atomic mass is 9.99. The third-order valence-corrected chi connectivity index (χ3v) is 3.06. The second-order valence-corrected chi connectivity index (χ2v) is 4.72. The first-order chi connectivity index (χ1) is 7.56. The largest absolute Gasteiger partial charge is 0.313 e. The number of halogens is 2. The van der Waals surface area contributed by atoms with E-state index in [1.54, 1.807) is 6.07 Å². The van der Waals surface area contributed by atoms with Gasteiger partial charge in [0.1, 0.15) is 0 Å². The van der Waals surface area contributed by atoms with Crippen molar-refractivity contribution in [1.29, 1.82) is 0 Å². The monoisotopic (exact) mass is 257 g/mol. The zero-order valence-corrected chi connectivity index (χ0v) is 11.2. The van der Waals surface area contributed by atoms with E-state index in [4.69, 9.17) is 23.2 Å². The maximum absolute atomic E-state index is 5.99. The number of hydrogen-bond donors (Lipinski definition) is 1. The molecule has 0 radical (unpaired) electrons. The molecule has 88 valence electrons. The normalized spacial score (nSPS) is 12.5. The van der Waals surface area contributed by atoms with Crippen LogP contribution in [-0.4, -0.2) is 7.05 Å². The average Bonchev–Trinajstić information content (AvgIpc) is 2.24. The van der Waals surface area contributed by atoms with E-state index in [-0.39, 0.29) is 6.04 Å². The first-order valence-corrected chi connectivity index (χ1v) is 6.12. The summed E-state index contributed by atoms with van der Waals surface area (Å²) in [6.45, 7) is 6.14. The van der Waals surface area contributed by atoms with E-state index in [2.05, 4.69) is 18.8 Å². The van der Waals surface area contributed by atoms with Crippen molar-refractivity contribution in [3.05, 3.63) is 46.0 Å². The summed E-state index contributed by atoms with van der Waals surface area (Å²) in [5.41, 5.74) is 2.32. The SMILES string of the molecule is C=C(CC)CC(NC)c1cc(Cl)cc(Cl)c1. The van der Waals surface area contributed by atoms with Crippen LogP contribution in [0.2, 0.25) is 10.0 Å². The van der Waals surface area contributed by atoms with Gasteiger partial charge >= 0.3 is 0 Å². The molecule has 1 unspecified atom stereocenters. The van der Waals surface area contributed by atoms with Crippen molar-refractivity contribution in [3.8, 4) is 0 Å².